The van der Waals surface area contributed by atoms with Gasteiger partial charge in [-0.05, 0) is 31.6 Å². The van der Waals surface area contributed by atoms with Gasteiger partial charge in [-0.1, -0.05) is 37.0 Å². The first-order chi connectivity index (χ1) is 14.5. The van der Waals surface area contributed by atoms with Crippen LogP contribution in [0.5, 0.6) is 0 Å². The van der Waals surface area contributed by atoms with E-state index in [1.165, 1.54) is 16.2 Å². The summed E-state index contributed by atoms with van der Waals surface area (Å²) in [6, 6.07) is 5.27. The van der Waals surface area contributed by atoms with Crippen LogP contribution in [0.15, 0.2) is 34.1 Å². The van der Waals surface area contributed by atoms with Gasteiger partial charge in [0.05, 0.1) is 30.3 Å². The minimum absolute atomic E-state index is 0.0134. The van der Waals surface area contributed by atoms with Crippen LogP contribution in [-0.2, 0) is 9.53 Å². The van der Waals surface area contributed by atoms with Crippen LogP contribution in [0.1, 0.15) is 25.8 Å². The fraction of sp³-hybridized carbons (Fsp3) is 0.400. The predicted octanol–water partition coefficient (Wildman–Crippen LogP) is 2.12. The van der Waals surface area contributed by atoms with Gasteiger partial charge in [0.15, 0.2) is 0 Å². The number of aliphatic hydroxyl groups is 1. The molecule has 10 heteroatoms. The molecule has 1 saturated heterocycles. The first kappa shape index (κ1) is 22.4. The van der Waals surface area contributed by atoms with Crippen molar-refractivity contribution in [2.24, 2.45) is 0 Å². The molecule has 3 heterocycles. The van der Waals surface area contributed by atoms with Gasteiger partial charge in [-0.3, -0.25) is 18.9 Å². The largest absolute Gasteiger partial charge is 0.394 e. The van der Waals surface area contributed by atoms with Crippen molar-refractivity contribution in [1.82, 2.24) is 14.3 Å². The highest BCUT2D eigenvalue weighted by Crippen LogP contribution is 2.34. The lowest BCUT2D eigenvalue weighted by Gasteiger charge is -2.21. The lowest BCUT2D eigenvalue weighted by molar-refractivity contribution is -0.123. The summed E-state index contributed by atoms with van der Waals surface area (Å²) in [4.78, 5) is 32.6. The number of hydrogen-bond acceptors (Lipinski definition) is 8. The van der Waals surface area contributed by atoms with Crippen LogP contribution in [0.2, 0.25) is 0 Å². The molecule has 0 aromatic carbocycles. The number of thioether (sulfide) groups is 1. The third kappa shape index (κ3) is 4.72. The molecule has 0 spiro atoms. The smallest absolute Gasteiger partial charge is 0.267 e. The normalized spacial score (nSPS) is 16.6. The number of carbonyl (C=O) groups excluding carboxylic acids is 1. The van der Waals surface area contributed by atoms with Crippen LogP contribution in [0.25, 0.3) is 11.7 Å². The number of pyridine rings is 1. The molecule has 2 aromatic rings. The molecule has 30 heavy (non-hydrogen) atoms. The average molecular weight is 449 g/mol. The monoisotopic (exact) mass is 448 g/mol. The molecular weight excluding hydrogens is 424 g/mol. The summed E-state index contributed by atoms with van der Waals surface area (Å²) >= 11 is 6.57. The van der Waals surface area contributed by atoms with Crippen molar-refractivity contribution in [2.45, 2.75) is 26.3 Å². The van der Waals surface area contributed by atoms with Gasteiger partial charge >= 0.3 is 0 Å². The first-order valence-electron chi connectivity index (χ1n) is 9.68. The van der Waals surface area contributed by atoms with Gasteiger partial charge < -0.3 is 15.2 Å². The molecule has 0 saturated carbocycles. The van der Waals surface area contributed by atoms with Gasteiger partial charge in [0.1, 0.15) is 15.8 Å². The van der Waals surface area contributed by atoms with Crippen molar-refractivity contribution in [3.8, 4) is 0 Å². The molecule has 1 fully saturated rings. The van der Waals surface area contributed by atoms with Gasteiger partial charge in [0.2, 0.25) is 0 Å². The fourth-order valence-corrected chi connectivity index (χ4v) is 4.39. The Balaban J connectivity index is 1.99. The predicted molar refractivity (Wildman–Crippen MR) is 123 cm³/mol. The molecular formula is C20H24N4O4S2. The van der Waals surface area contributed by atoms with Crippen molar-refractivity contribution in [1.29, 1.82) is 0 Å². The van der Waals surface area contributed by atoms with E-state index >= 15 is 0 Å². The van der Waals surface area contributed by atoms with E-state index in [2.05, 4.69) is 10.3 Å². The second-order valence-electron chi connectivity index (χ2n) is 6.68. The maximum atomic E-state index is 13.1. The second kappa shape index (κ2) is 10.2. The lowest BCUT2D eigenvalue weighted by atomic mass is 10.2. The zero-order chi connectivity index (χ0) is 21.7. The topological polar surface area (TPSA) is 96.2 Å². The zero-order valence-corrected chi connectivity index (χ0v) is 18.5. The zero-order valence-electron chi connectivity index (χ0n) is 16.8. The second-order valence-corrected chi connectivity index (χ2v) is 8.36. The Morgan fingerprint density at radius 1 is 1.37 bits per heavy atom. The Labute approximate surface area is 183 Å². The highest BCUT2D eigenvalue weighted by atomic mass is 32.2. The number of amides is 1. The van der Waals surface area contributed by atoms with Crippen LogP contribution >= 0.6 is 24.0 Å². The van der Waals surface area contributed by atoms with E-state index in [1.807, 2.05) is 13.8 Å². The number of aliphatic hydroxyl groups excluding tert-OH is 1. The van der Waals surface area contributed by atoms with Crippen LogP contribution in [-0.4, -0.2) is 62.0 Å². The summed E-state index contributed by atoms with van der Waals surface area (Å²) in [5, 5.41) is 11.9. The average Bonchev–Trinajstić information content (AvgIpc) is 3.02. The van der Waals surface area contributed by atoms with Crippen LogP contribution in [0.3, 0.4) is 0 Å². The minimum Gasteiger partial charge on any atom is -0.394 e. The number of aromatic nitrogens is 2. The molecule has 2 N–H and O–H groups in total. The molecule has 0 bridgehead atoms. The fourth-order valence-electron chi connectivity index (χ4n) is 2.95. The first-order valence-corrected chi connectivity index (χ1v) is 10.9. The van der Waals surface area contributed by atoms with Gasteiger partial charge in [-0.25, -0.2) is 4.98 Å². The standard InChI is InChI=1S/C20H24N4O4S2/c1-3-13(2)24-19(27)15(30-20(24)29)12-14-17(21-7-10-28-11-9-25)22-16-6-4-5-8-23(16)18(14)26/h4-6,8,12-13,21,25H,3,7,9-11H2,1-2H3/b15-12-/t13-/m1/s1. The summed E-state index contributed by atoms with van der Waals surface area (Å²) < 4.78 is 7.18. The van der Waals surface area contributed by atoms with E-state index in [1.54, 1.807) is 35.4 Å². The Bertz CT molecular complexity index is 1040. The lowest BCUT2D eigenvalue weighted by Crippen LogP contribution is -2.36. The van der Waals surface area contributed by atoms with Gasteiger partial charge in [0, 0.05) is 18.8 Å². The summed E-state index contributed by atoms with van der Waals surface area (Å²) in [5.41, 5.74) is 0.490. The molecule has 1 atom stereocenters. The Kier molecular flexibility index (Phi) is 7.59. The van der Waals surface area contributed by atoms with E-state index in [-0.39, 0.29) is 36.3 Å². The van der Waals surface area contributed by atoms with E-state index in [0.717, 1.165) is 6.42 Å². The Hall–Kier alpha value is -2.27. The highest BCUT2D eigenvalue weighted by molar-refractivity contribution is 8.26. The van der Waals surface area contributed by atoms with Crippen molar-refractivity contribution in [2.75, 3.05) is 31.7 Å². The summed E-state index contributed by atoms with van der Waals surface area (Å²) in [6.07, 6.45) is 3.98. The number of anilines is 1. The number of hydrogen-bond donors (Lipinski definition) is 2. The molecule has 1 amide bonds. The Morgan fingerprint density at radius 3 is 2.90 bits per heavy atom. The third-order valence-electron chi connectivity index (χ3n) is 4.67. The number of ether oxygens (including phenoxy) is 1. The van der Waals surface area contributed by atoms with Gasteiger partial charge in [-0.2, -0.15) is 0 Å². The van der Waals surface area contributed by atoms with E-state index < -0.39 is 0 Å². The molecule has 1 aliphatic rings. The SMILES string of the molecule is CC[C@@H](C)N1C(=O)/C(=C/c2c(NCCOCCO)nc3ccccn3c2=O)SC1=S. The number of fused-ring (bicyclic) bond motifs is 1. The van der Waals surface area contributed by atoms with Crippen molar-refractivity contribution < 1.29 is 14.6 Å². The summed E-state index contributed by atoms with van der Waals surface area (Å²) in [6.45, 7) is 4.85. The molecule has 0 aliphatic carbocycles. The van der Waals surface area contributed by atoms with Crippen LogP contribution in [0.4, 0.5) is 5.82 Å². The van der Waals surface area contributed by atoms with Crippen LogP contribution in [0, 0.1) is 0 Å². The number of nitrogens with zero attached hydrogens (tertiary/aromatic N) is 3. The molecule has 0 radical (unpaired) electrons. The van der Waals surface area contributed by atoms with Crippen molar-refractivity contribution >= 4 is 51.7 Å². The minimum atomic E-state index is -0.284. The molecule has 0 unspecified atom stereocenters. The molecule has 2 aromatic heterocycles. The van der Waals surface area contributed by atoms with Gasteiger partial charge in [0.25, 0.3) is 11.5 Å². The molecule has 8 nitrogen and oxygen atoms in total. The maximum Gasteiger partial charge on any atom is 0.267 e. The molecule has 160 valence electrons. The van der Waals surface area contributed by atoms with Crippen molar-refractivity contribution in [3.63, 3.8) is 0 Å². The maximum absolute atomic E-state index is 13.1. The van der Waals surface area contributed by atoms with E-state index in [9.17, 15) is 9.59 Å². The summed E-state index contributed by atoms with van der Waals surface area (Å²) in [5.74, 6) is 0.168. The number of nitrogens with one attached hydrogen (secondary N) is 1. The quantitative estimate of drug-likeness (QED) is 0.342. The van der Waals surface area contributed by atoms with E-state index in [0.29, 0.717) is 33.8 Å². The highest BCUT2D eigenvalue weighted by Gasteiger charge is 2.35. The summed E-state index contributed by atoms with van der Waals surface area (Å²) in [7, 11) is 0. The number of thiocarbonyl (C=S) groups is 1. The van der Waals surface area contributed by atoms with Crippen molar-refractivity contribution in [3.05, 3.63) is 45.2 Å². The number of rotatable bonds is 9. The van der Waals surface area contributed by atoms with Gasteiger partial charge in [-0.15, -0.1) is 0 Å². The molecule has 1 aliphatic heterocycles. The molecule has 3 rings (SSSR count). The number of carbonyl (C=O) groups is 1. The van der Waals surface area contributed by atoms with E-state index in [4.69, 9.17) is 22.1 Å². The third-order valence-corrected chi connectivity index (χ3v) is 6.00. The Morgan fingerprint density at radius 2 is 2.17 bits per heavy atom. The van der Waals surface area contributed by atoms with Crippen LogP contribution < -0.4 is 10.9 Å².